The number of nitrogens with zero attached hydrogens (tertiary/aromatic N) is 11. The molecule has 0 atom stereocenters. The third-order valence-electron chi connectivity index (χ3n) is 30.6. The first kappa shape index (κ1) is 84.1. The van der Waals surface area contributed by atoms with E-state index in [1.54, 1.807) is 0 Å². The second-order valence-electron chi connectivity index (χ2n) is 40.0. The van der Waals surface area contributed by atoms with E-state index < -0.39 is 0 Å². The molecule has 0 fully saturated rings. The smallest absolute Gasteiger partial charge is 0.164 e. The van der Waals surface area contributed by atoms with Crippen LogP contribution in [0.3, 0.4) is 0 Å². The normalized spacial score (nSPS) is 13.5. The van der Waals surface area contributed by atoms with Crippen LogP contribution in [0, 0.1) is 0 Å². The fourth-order valence-corrected chi connectivity index (χ4v) is 25.9. The van der Waals surface area contributed by atoms with Gasteiger partial charge in [0.25, 0.3) is 0 Å². The number of hydrogen-bond acceptors (Lipinski definition) is 11. The van der Waals surface area contributed by atoms with Crippen molar-refractivity contribution >= 4 is 161 Å². The van der Waals surface area contributed by atoms with Crippen molar-refractivity contribution in [1.29, 1.82) is 0 Å². The standard InChI is InChI=1S/C47H31N3S.C42H28N4O.C42H28N4S/c1-47(2)36-24-32(46-48-38(28-13-5-3-6-14-28)27-39(49-46)29-15-7-4-8-16-29)21-22-40(36)50-41-25-31-18-10-9-17-30(31)23-35(41)43-44(50)37(47)26-34-33-19-11-12-20-42(33)51-45(34)43;2*1-42(2)31-23-27(41-44-39(25-13-5-3-6-14-25)43-40(45-41)26-15-7-4-8-16-26)21-22-34(31)46-33-19-11-9-18-29(33)36-37(46)32(42)24-30-28-17-10-12-20-35(28)47-38(30)36/h3-27H,1-2H3;2*3-24H,1-2H3. The van der Waals surface area contributed by atoms with Crippen molar-refractivity contribution in [3.8, 4) is 119 Å². The van der Waals surface area contributed by atoms with Gasteiger partial charge in [0.15, 0.2) is 40.8 Å². The van der Waals surface area contributed by atoms with Crippen molar-refractivity contribution in [3.63, 3.8) is 0 Å². The Balaban J connectivity index is 0.000000103. The Morgan fingerprint density at radius 2 is 0.524 bits per heavy atom. The van der Waals surface area contributed by atoms with Crippen LogP contribution in [-0.4, -0.2) is 53.6 Å². The Morgan fingerprint density at radius 3 is 0.945 bits per heavy atom. The summed E-state index contributed by atoms with van der Waals surface area (Å²) in [6.45, 7) is 14.2. The lowest BCUT2D eigenvalue weighted by molar-refractivity contribution is 0.630. The molecule has 14 heteroatoms. The summed E-state index contributed by atoms with van der Waals surface area (Å²) in [5.74, 6) is 4.70. The quantitative estimate of drug-likeness (QED) is 0.139. The van der Waals surface area contributed by atoms with E-state index in [9.17, 15) is 0 Å². The molecule has 0 spiro atoms. The van der Waals surface area contributed by atoms with Crippen molar-refractivity contribution in [2.24, 2.45) is 0 Å². The van der Waals surface area contributed by atoms with E-state index in [2.05, 4.69) is 359 Å². The molecule has 28 aromatic rings. The molecule has 12 nitrogen and oxygen atoms in total. The number of para-hydroxylation sites is 3. The second-order valence-corrected chi connectivity index (χ2v) is 42.1. The monoisotopic (exact) mass is 1890 g/mol. The van der Waals surface area contributed by atoms with Gasteiger partial charge in [0.05, 0.1) is 66.9 Å². The van der Waals surface area contributed by atoms with Gasteiger partial charge in [-0.1, -0.05) is 339 Å². The largest absolute Gasteiger partial charge is 0.455 e. The number of aromatic nitrogens is 11. The van der Waals surface area contributed by atoms with Crippen LogP contribution in [0.2, 0.25) is 0 Å². The van der Waals surface area contributed by atoms with Crippen LogP contribution in [-0.2, 0) is 16.2 Å². The molecule has 31 rings (SSSR count). The van der Waals surface area contributed by atoms with Gasteiger partial charge in [-0.3, -0.25) is 0 Å². The van der Waals surface area contributed by atoms with Gasteiger partial charge >= 0.3 is 0 Å². The Morgan fingerprint density at radius 1 is 0.214 bits per heavy atom. The highest BCUT2D eigenvalue weighted by Gasteiger charge is 2.42. The Hall–Kier alpha value is -17.8. The number of rotatable bonds is 9. The van der Waals surface area contributed by atoms with Crippen LogP contribution in [0.4, 0.5) is 0 Å². The molecule has 0 unspecified atom stereocenters. The molecule has 0 aliphatic carbocycles. The molecule has 3 aliphatic rings. The second kappa shape index (κ2) is 32.1. The summed E-state index contributed by atoms with van der Waals surface area (Å²) in [6.07, 6.45) is 0. The fourth-order valence-electron chi connectivity index (χ4n) is 23.4. The topological polar surface area (TPSA) is 131 Å². The lowest BCUT2D eigenvalue weighted by atomic mass is 9.73. The maximum Gasteiger partial charge on any atom is 0.164 e. The third-order valence-corrected chi connectivity index (χ3v) is 33.0. The molecular formula is C131H87N11OS2. The summed E-state index contributed by atoms with van der Waals surface area (Å²) in [6, 6.07) is 148. The SMILES string of the molecule is CC1(C)c2cc(-c3nc(-c4ccccc4)cc(-c4ccccc4)n3)ccc2-n2c3cc4ccccc4cc3c3c4sc5ccccc5c4cc1c32.CC1(C)c2cc(-c3nc(-c4ccccc4)nc(-c4ccccc4)n3)ccc2-n2c3ccccc3c3c4oc5ccccc5c4cc1c32.CC1(C)c2cc(-c3nc(-c4ccccc4)nc(-c4ccccc4)n3)ccc2-n2c3ccccc3c3c4sc5ccccc5c4cc1c32. The zero-order chi connectivity index (χ0) is 96.4. The van der Waals surface area contributed by atoms with Crippen LogP contribution >= 0.6 is 22.7 Å². The summed E-state index contributed by atoms with van der Waals surface area (Å²) in [5, 5.41) is 17.8. The molecule has 3 aliphatic heterocycles. The van der Waals surface area contributed by atoms with Crippen LogP contribution in [0.1, 0.15) is 74.9 Å². The van der Waals surface area contributed by atoms with E-state index >= 15 is 0 Å². The number of thiophene rings is 2. The molecule has 0 saturated carbocycles. The zero-order valence-electron chi connectivity index (χ0n) is 80.0. The minimum Gasteiger partial charge on any atom is -0.455 e. The van der Waals surface area contributed by atoms with E-state index in [0.29, 0.717) is 34.9 Å². The van der Waals surface area contributed by atoms with Crippen molar-refractivity contribution in [2.75, 3.05) is 0 Å². The van der Waals surface area contributed by atoms with Gasteiger partial charge in [-0.25, -0.2) is 39.9 Å². The van der Waals surface area contributed by atoms with Gasteiger partial charge in [-0.15, -0.1) is 22.7 Å². The Bertz CT molecular complexity index is 9760. The fraction of sp³-hybridized carbons (Fsp3) is 0.0687. The van der Waals surface area contributed by atoms with Crippen molar-refractivity contribution in [2.45, 2.75) is 57.8 Å². The van der Waals surface area contributed by atoms with Gasteiger partial charge in [0.1, 0.15) is 11.2 Å². The number of benzene rings is 19. The van der Waals surface area contributed by atoms with E-state index in [1.165, 1.54) is 161 Å². The van der Waals surface area contributed by atoms with Crippen LogP contribution < -0.4 is 0 Å². The van der Waals surface area contributed by atoms with Crippen LogP contribution in [0.5, 0.6) is 0 Å². The molecule has 0 bridgehead atoms. The zero-order valence-corrected chi connectivity index (χ0v) is 81.6. The summed E-state index contributed by atoms with van der Waals surface area (Å²) in [5.41, 5.74) is 30.5. The van der Waals surface area contributed by atoms with Gasteiger partial charge < -0.3 is 18.1 Å². The first-order chi connectivity index (χ1) is 71.1. The first-order valence-corrected chi connectivity index (χ1v) is 51.1. The molecule has 684 valence electrons. The van der Waals surface area contributed by atoms with E-state index in [-0.39, 0.29) is 16.2 Å². The Labute approximate surface area is 841 Å². The van der Waals surface area contributed by atoms with E-state index in [0.717, 1.165) is 94.9 Å². The molecule has 9 aromatic heterocycles. The molecule has 0 radical (unpaired) electrons. The number of furan rings is 1. The highest BCUT2D eigenvalue weighted by molar-refractivity contribution is 7.27. The molecule has 0 saturated heterocycles. The molecule has 145 heavy (non-hydrogen) atoms. The van der Waals surface area contributed by atoms with Gasteiger partial charge in [-0.2, -0.15) is 0 Å². The molecule has 19 aromatic carbocycles. The average Bonchev–Trinajstić information content (AvgIpc) is 1.53. The van der Waals surface area contributed by atoms with Gasteiger partial charge in [0, 0.05) is 144 Å². The predicted octanol–water partition coefficient (Wildman–Crippen LogP) is 34.2. The molecule has 12 heterocycles. The molecular weight excluding hydrogens is 1810 g/mol. The summed E-state index contributed by atoms with van der Waals surface area (Å²) < 4.78 is 19.4. The maximum atomic E-state index is 6.60. The number of fused-ring (bicyclic) bond motifs is 28. The predicted molar refractivity (Wildman–Crippen MR) is 601 cm³/mol. The highest BCUT2D eigenvalue weighted by atomic mass is 32.1. The summed E-state index contributed by atoms with van der Waals surface area (Å²) in [4.78, 5) is 40.5. The minimum absolute atomic E-state index is 0.275. The van der Waals surface area contributed by atoms with Crippen LogP contribution in [0.15, 0.2) is 423 Å². The van der Waals surface area contributed by atoms with Gasteiger partial charge in [0.2, 0.25) is 0 Å². The van der Waals surface area contributed by atoms with E-state index in [1.807, 2.05) is 138 Å². The summed E-state index contributed by atoms with van der Waals surface area (Å²) in [7, 11) is 0. The first-order valence-electron chi connectivity index (χ1n) is 49.4. The third kappa shape index (κ3) is 13.0. The Kier molecular flexibility index (Phi) is 18.6. The average molecular weight is 1900 g/mol. The molecule has 0 amide bonds. The maximum absolute atomic E-state index is 6.60. The lowest BCUT2D eigenvalue weighted by Gasteiger charge is -2.35. The van der Waals surface area contributed by atoms with E-state index in [4.69, 9.17) is 44.3 Å². The lowest BCUT2D eigenvalue weighted by Crippen LogP contribution is -2.26. The van der Waals surface area contributed by atoms with Crippen molar-refractivity contribution in [1.82, 2.24) is 53.6 Å². The number of hydrogen-bond donors (Lipinski definition) is 0. The van der Waals surface area contributed by atoms with Crippen LogP contribution in [0.25, 0.3) is 258 Å². The minimum atomic E-state index is -0.321. The molecule has 0 N–H and O–H groups in total. The van der Waals surface area contributed by atoms with Crippen molar-refractivity contribution < 1.29 is 4.42 Å². The van der Waals surface area contributed by atoms with Gasteiger partial charge in [-0.05, 0) is 165 Å². The van der Waals surface area contributed by atoms with Crippen molar-refractivity contribution in [3.05, 3.63) is 452 Å². The highest BCUT2D eigenvalue weighted by Crippen LogP contribution is 2.58. The summed E-state index contributed by atoms with van der Waals surface area (Å²) >= 11 is 3.83.